The Kier molecular flexibility index (Phi) is 6.86. The monoisotopic (exact) mass is 473 g/mol. The lowest BCUT2D eigenvalue weighted by Crippen LogP contribution is -2.52. The third-order valence-electron chi connectivity index (χ3n) is 6.97. The summed E-state index contributed by atoms with van der Waals surface area (Å²) >= 11 is 0. The van der Waals surface area contributed by atoms with Crippen LogP contribution in [-0.2, 0) is 12.6 Å². The molecular weight excluding hydrogens is 438 g/mol. The minimum atomic E-state index is -0.932. The largest absolute Gasteiger partial charge is 0.390 e. The van der Waals surface area contributed by atoms with Gasteiger partial charge in [0.05, 0.1) is 17.2 Å². The molecule has 0 spiro atoms. The molecule has 1 saturated heterocycles. The minimum absolute atomic E-state index is 0.0471. The predicted octanol–water partition coefficient (Wildman–Crippen LogP) is 4.98. The predicted molar refractivity (Wildman–Crippen MR) is 139 cm³/mol. The highest BCUT2D eigenvalue weighted by atomic mass is 16.3. The van der Waals surface area contributed by atoms with Crippen molar-refractivity contribution in [1.82, 2.24) is 14.8 Å². The highest BCUT2D eigenvalue weighted by Gasteiger charge is 2.41. The topological polar surface area (TPSA) is 74.6 Å². The Balaban J connectivity index is 1.57. The van der Waals surface area contributed by atoms with E-state index >= 15 is 0 Å². The van der Waals surface area contributed by atoms with E-state index in [1.807, 2.05) is 72.5 Å². The molecule has 35 heavy (non-hydrogen) atoms. The van der Waals surface area contributed by atoms with Gasteiger partial charge in [-0.05, 0) is 61.9 Å². The number of aromatic nitrogens is 1. The third kappa shape index (κ3) is 5.49. The third-order valence-corrected chi connectivity index (χ3v) is 6.97. The summed E-state index contributed by atoms with van der Waals surface area (Å²) in [6.07, 6.45) is 3.77. The van der Waals surface area contributed by atoms with Gasteiger partial charge in [0.25, 0.3) is 5.56 Å². The number of benzene rings is 2. The Bertz CT molecular complexity index is 1230. The molecule has 2 atom stereocenters. The fourth-order valence-corrected chi connectivity index (χ4v) is 5.17. The summed E-state index contributed by atoms with van der Waals surface area (Å²) in [6.45, 7) is 6.25. The van der Waals surface area contributed by atoms with Gasteiger partial charge in [-0.25, -0.2) is 4.79 Å². The van der Waals surface area contributed by atoms with Crippen LogP contribution in [0.5, 0.6) is 0 Å². The molecule has 6 heteroatoms. The Labute approximate surface area is 207 Å². The molecule has 1 aliphatic rings. The van der Waals surface area contributed by atoms with Crippen molar-refractivity contribution in [3.63, 3.8) is 0 Å². The van der Waals surface area contributed by atoms with Gasteiger partial charge in [0.2, 0.25) is 0 Å². The van der Waals surface area contributed by atoms with Crippen molar-refractivity contribution in [2.75, 3.05) is 6.54 Å². The van der Waals surface area contributed by atoms with Gasteiger partial charge < -0.3 is 19.9 Å². The number of nitrogens with zero attached hydrogens (tertiary/aromatic N) is 2. The highest BCUT2D eigenvalue weighted by molar-refractivity contribution is 5.76. The maximum Gasteiger partial charge on any atom is 0.318 e. The first kappa shape index (κ1) is 24.7. The Morgan fingerprint density at radius 3 is 2.34 bits per heavy atom. The van der Waals surface area contributed by atoms with Gasteiger partial charge >= 0.3 is 6.03 Å². The van der Waals surface area contributed by atoms with Crippen LogP contribution < -0.4 is 10.9 Å². The van der Waals surface area contributed by atoms with E-state index in [4.69, 9.17) is 0 Å². The Morgan fingerprint density at radius 1 is 1.03 bits per heavy atom. The van der Waals surface area contributed by atoms with Crippen LogP contribution in [0.2, 0.25) is 0 Å². The summed E-state index contributed by atoms with van der Waals surface area (Å²) in [4.78, 5) is 27.4. The average molecular weight is 474 g/mol. The molecule has 2 N–H and O–H groups in total. The van der Waals surface area contributed by atoms with Crippen molar-refractivity contribution in [1.29, 1.82) is 0 Å². The maximum atomic E-state index is 13.6. The van der Waals surface area contributed by atoms with Crippen molar-refractivity contribution < 1.29 is 9.90 Å². The number of carbonyl (C=O) groups excluding carboxylic acids is 1. The number of hydrogen-bond acceptors (Lipinski definition) is 3. The summed E-state index contributed by atoms with van der Waals surface area (Å²) in [5, 5.41) is 14.0. The Morgan fingerprint density at radius 2 is 1.71 bits per heavy atom. The first-order valence-electron chi connectivity index (χ1n) is 12.2. The van der Waals surface area contributed by atoms with E-state index in [2.05, 4.69) is 5.32 Å². The van der Waals surface area contributed by atoms with Crippen LogP contribution in [0.1, 0.15) is 57.2 Å². The average Bonchev–Trinajstić information content (AvgIpc) is 2.99. The summed E-state index contributed by atoms with van der Waals surface area (Å²) < 4.78 is 1.55. The standard InChI is InChI=1S/C29H35N3O3/c1-21(22-11-13-23(14-12-22)24-15-18-31(4)26(33)19-24)32-17-8-16-29(30-27(32)34,20-28(2,3)35)25-9-6-5-7-10-25/h5-7,9-15,18-19,21,35H,8,16-17,20H2,1-4H3,(H,30,34)/t21-,29-/m0/s1. The number of pyridine rings is 1. The smallest absolute Gasteiger partial charge is 0.318 e. The molecule has 184 valence electrons. The molecule has 1 aromatic heterocycles. The van der Waals surface area contributed by atoms with Gasteiger partial charge in [0, 0.05) is 32.3 Å². The lowest BCUT2D eigenvalue weighted by atomic mass is 9.77. The normalized spacial score (nSPS) is 19.7. The molecule has 0 radical (unpaired) electrons. The van der Waals surface area contributed by atoms with E-state index in [0.717, 1.165) is 35.1 Å². The van der Waals surface area contributed by atoms with Crippen molar-refractivity contribution in [2.24, 2.45) is 7.05 Å². The van der Waals surface area contributed by atoms with Crippen LogP contribution in [0, 0.1) is 0 Å². The SMILES string of the molecule is C[C@@H](c1ccc(-c2ccn(C)c(=O)c2)cc1)N1CCC[C@](CC(C)(C)O)(c2ccccc2)NC1=O. The van der Waals surface area contributed by atoms with Gasteiger partial charge in [0.15, 0.2) is 0 Å². The van der Waals surface area contributed by atoms with E-state index < -0.39 is 11.1 Å². The summed E-state index contributed by atoms with van der Waals surface area (Å²) in [6, 6.07) is 21.3. The first-order chi connectivity index (χ1) is 16.6. The van der Waals surface area contributed by atoms with Crippen LogP contribution in [0.15, 0.2) is 77.7 Å². The van der Waals surface area contributed by atoms with Crippen molar-refractivity contribution >= 4 is 6.03 Å². The Hall–Kier alpha value is -3.38. The molecule has 1 fully saturated rings. The minimum Gasteiger partial charge on any atom is -0.390 e. The molecule has 0 saturated carbocycles. The van der Waals surface area contributed by atoms with Crippen LogP contribution >= 0.6 is 0 Å². The first-order valence-corrected chi connectivity index (χ1v) is 12.2. The summed E-state index contributed by atoms with van der Waals surface area (Å²) in [5.41, 5.74) is 2.28. The lowest BCUT2D eigenvalue weighted by molar-refractivity contribution is 0.0357. The van der Waals surface area contributed by atoms with E-state index in [0.29, 0.717) is 13.0 Å². The zero-order valence-corrected chi connectivity index (χ0v) is 21.0. The van der Waals surface area contributed by atoms with E-state index in [-0.39, 0.29) is 17.6 Å². The summed E-state index contributed by atoms with van der Waals surface area (Å²) in [5.74, 6) is 0. The van der Waals surface area contributed by atoms with Gasteiger partial charge in [-0.1, -0.05) is 54.6 Å². The number of urea groups is 1. The van der Waals surface area contributed by atoms with Crippen LogP contribution in [0.4, 0.5) is 4.79 Å². The fraction of sp³-hybridized carbons (Fsp3) is 0.379. The summed E-state index contributed by atoms with van der Waals surface area (Å²) in [7, 11) is 1.73. The highest BCUT2D eigenvalue weighted by Crippen LogP contribution is 2.38. The zero-order valence-electron chi connectivity index (χ0n) is 21.0. The molecule has 2 amide bonds. The number of amides is 2. The van der Waals surface area contributed by atoms with Crippen LogP contribution in [0.3, 0.4) is 0 Å². The number of rotatable bonds is 6. The van der Waals surface area contributed by atoms with E-state index in [1.165, 1.54) is 0 Å². The second kappa shape index (κ2) is 9.70. The molecule has 6 nitrogen and oxygen atoms in total. The number of hydrogen-bond donors (Lipinski definition) is 2. The second-order valence-electron chi connectivity index (χ2n) is 10.3. The molecule has 1 aliphatic heterocycles. The van der Waals surface area contributed by atoms with Crippen molar-refractivity contribution in [3.8, 4) is 11.1 Å². The quantitative estimate of drug-likeness (QED) is 0.531. The van der Waals surface area contributed by atoms with Crippen molar-refractivity contribution in [3.05, 3.63) is 94.4 Å². The number of nitrogens with one attached hydrogen (secondary N) is 1. The number of aryl methyl sites for hydroxylation is 1. The molecule has 2 heterocycles. The van der Waals surface area contributed by atoms with E-state index in [9.17, 15) is 14.7 Å². The van der Waals surface area contributed by atoms with Crippen molar-refractivity contribution in [2.45, 2.75) is 57.2 Å². The molecular formula is C29H35N3O3. The molecule has 3 aromatic rings. The maximum absolute atomic E-state index is 13.6. The molecule has 0 bridgehead atoms. The number of aliphatic hydroxyl groups is 1. The van der Waals surface area contributed by atoms with Gasteiger partial charge in [-0.3, -0.25) is 4.79 Å². The van der Waals surface area contributed by atoms with Gasteiger partial charge in [0.1, 0.15) is 0 Å². The molecule has 0 unspecified atom stereocenters. The van der Waals surface area contributed by atoms with Gasteiger partial charge in [-0.2, -0.15) is 0 Å². The second-order valence-corrected chi connectivity index (χ2v) is 10.3. The van der Waals surface area contributed by atoms with E-state index in [1.54, 1.807) is 37.7 Å². The fourth-order valence-electron chi connectivity index (χ4n) is 5.17. The number of carbonyl (C=O) groups is 1. The van der Waals surface area contributed by atoms with Gasteiger partial charge in [-0.15, -0.1) is 0 Å². The van der Waals surface area contributed by atoms with Crippen LogP contribution in [0.25, 0.3) is 11.1 Å². The molecule has 4 rings (SSSR count). The molecule has 2 aromatic carbocycles. The molecule has 0 aliphatic carbocycles. The zero-order chi connectivity index (χ0) is 25.2. The lowest BCUT2D eigenvalue weighted by Gasteiger charge is -2.39. The van der Waals surface area contributed by atoms with Crippen LogP contribution in [-0.4, -0.2) is 32.8 Å².